The minimum absolute atomic E-state index is 0.339. The maximum Gasteiger partial charge on any atom is 0.140 e. The predicted octanol–water partition coefficient (Wildman–Crippen LogP) is 4.74. The number of nitriles is 1. The van der Waals surface area contributed by atoms with Crippen LogP contribution in [-0.4, -0.2) is 0 Å². The molecule has 1 atom stereocenters. The van der Waals surface area contributed by atoms with E-state index in [1.807, 2.05) is 30.3 Å². The first kappa shape index (κ1) is 13.6. The second kappa shape index (κ2) is 5.90. The van der Waals surface area contributed by atoms with E-state index in [4.69, 9.17) is 0 Å². The SMILES string of the molecule is Cc1ccc(C(C#N)Nc2cccc(Br)c2)cc1C. The molecule has 0 fully saturated rings. The van der Waals surface area contributed by atoms with E-state index in [0.717, 1.165) is 15.7 Å². The van der Waals surface area contributed by atoms with E-state index in [1.165, 1.54) is 11.1 Å². The third kappa shape index (κ3) is 3.36. The lowest BCUT2D eigenvalue weighted by molar-refractivity contribution is 0.991. The van der Waals surface area contributed by atoms with Crippen molar-refractivity contribution in [2.45, 2.75) is 19.9 Å². The smallest absolute Gasteiger partial charge is 0.140 e. The van der Waals surface area contributed by atoms with Crippen LogP contribution in [-0.2, 0) is 0 Å². The monoisotopic (exact) mass is 314 g/mol. The molecule has 96 valence electrons. The number of nitrogens with zero attached hydrogens (tertiary/aromatic N) is 1. The molecule has 0 amide bonds. The second-order valence-corrected chi connectivity index (χ2v) is 5.48. The Kier molecular flexibility index (Phi) is 4.24. The third-order valence-corrected chi connectivity index (χ3v) is 3.62. The van der Waals surface area contributed by atoms with E-state index in [0.29, 0.717) is 0 Å². The quantitative estimate of drug-likeness (QED) is 0.888. The van der Waals surface area contributed by atoms with Gasteiger partial charge in [-0.1, -0.05) is 40.2 Å². The van der Waals surface area contributed by atoms with E-state index in [9.17, 15) is 5.26 Å². The number of hydrogen-bond acceptors (Lipinski definition) is 2. The minimum Gasteiger partial charge on any atom is -0.366 e. The van der Waals surface area contributed by atoms with Crippen molar-refractivity contribution in [1.29, 1.82) is 5.26 Å². The lowest BCUT2D eigenvalue weighted by atomic mass is 10.0. The van der Waals surface area contributed by atoms with E-state index >= 15 is 0 Å². The summed E-state index contributed by atoms with van der Waals surface area (Å²) < 4.78 is 0.995. The Balaban J connectivity index is 2.25. The van der Waals surface area contributed by atoms with Crippen molar-refractivity contribution >= 4 is 21.6 Å². The van der Waals surface area contributed by atoms with Crippen LogP contribution >= 0.6 is 15.9 Å². The normalized spacial score (nSPS) is 11.7. The molecule has 1 unspecified atom stereocenters. The first-order valence-electron chi connectivity index (χ1n) is 6.09. The molecule has 0 aromatic heterocycles. The van der Waals surface area contributed by atoms with Gasteiger partial charge in [0.15, 0.2) is 0 Å². The maximum absolute atomic E-state index is 9.35. The Morgan fingerprint density at radius 1 is 1.11 bits per heavy atom. The zero-order valence-corrected chi connectivity index (χ0v) is 12.5. The highest BCUT2D eigenvalue weighted by Gasteiger charge is 2.11. The third-order valence-electron chi connectivity index (χ3n) is 3.13. The van der Waals surface area contributed by atoms with Crippen LogP contribution in [0.4, 0.5) is 5.69 Å². The summed E-state index contributed by atoms with van der Waals surface area (Å²) in [5, 5.41) is 12.6. The zero-order valence-electron chi connectivity index (χ0n) is 10.9. The van der Waals surface area contributed by atoms with Gasteiger partial charge in [-0.2, -0.15) is 5.26 Å². The summed E-state index contributed by atoms with van der Waals surface area (Å²) in [6.07, 6.45) is 0. The molecule has 0 bridgehead atoms. The molecule has 0 spiro atoms. The van der Waals surface area contributed by atoms with E-state index in [1.54, 1.807) is 0 Å². The number of aryl methyl sites for hydroxylation is 2. The van der Waals surface area contributed by atoms with Crippen LogP contribution in [0, 0.1) is 25.2 Å². The molecule has 3 heteroatoms. The summed E-state index contributed by atoms with van der Waals surface area (Å²) in [5.41, 5.74) is 4.36. The summed E-state index contributed by atoms with van der Waals surface area (Å²) >= 11 is 3.43. The predicted molar refractivity (Wildman–Crippen MR) is 82.0 cm³/mol. The second-order valence-electron chi connectivity index (χ2n) is 4.56. The molecule has 2 nitrogen and oxygen atoms in total. The van der Waals surface area contributed by atoms with Crippen LogP contribution in [0.15, 0.2) is 46.9 Å². The molecule has 2 aromatic carbocycles. The van der Waals surface area contributed by atoms with Gasteiger partial charge in [0.2, 0.25) is 0 Å². The van der Waals surface area contributed by atoms with E-state index in [-0.39, 0.29) is 6.04 Å². The lowest BCUT2D eigenvalue weighted by Crippen LogP contribution is -2.08. The van der Waals surface area contributed by atoms with Gasteiger partial charge in [0.05, 0.1) is 6.07 Å². The molecular weight excluding hydrogens is 300 g/mol. The number of anilines is 1. The Labute approximate surface area is 122 Å². The van der Waals surface area contributed by atoms with Crippen LogP contribution in [0.2, 0.25) is 0 Å². The van der Waals surface area contributed by atoms with Crippen molar-refractivity contribution < 1.29 is 0 Å². The van der Waals surface area contributed by atoms with Gasteiger partial charge in [-0.05, 0) is 48.7 Å². The van der Waals surface area contributed by atoms with Crippen LogP contribution < -0.4 is 5.32 Å². The summed E-state index contributed by atoms with van der Waals surface area (Å²) in [4.78, 5) is 0. The first-order valence-corrected chi connectivity index (χ1v) is 6.88. The Hall–Kier alpha value is -1.79. The zero-order chi connectivity index (χ0) is 13.8. The highest BCUT2D eigenvalue weighted by atomic mass is 79.9. The highest BCUT2D eigenvalue weighted by molar-refractivity contribution is 9.10. The van der Waals surface area contributed by atoms with Crippen molar-refractivity contribution in [3.05, 3.63) is 63.6 Å². The highest BCUT2D eigenvalue weighted by Crippen LogP contribution is 2.23. The fraction of sp³-hybridized carbons (Fsp3) is 0.188. The largest absolute Gasteiger partial charge is 0.366 e. The van der Waals surface area contributed by atoms with Crippen molar-refractivity contribution in [1.82, 2.24) is 0 Å². The van der Waals surface area contributed by atoms with Gasteiger partial charge in [-0.3, -0.25) is 0 Å². The van der Waals surface area contributed by atoms with Crippen LogP contribution in [0.1, 0.15) is 22.7 Å². The van der Waals surface area contributed by atoms with Crippen LogP contribution in [0.3, 0.4) is 0 Å². The summed E-state index contributed by atoms with van der Waals surface area (Å²) in [5.74, 6) is 0. The van der Waals surface area contributed by atoms with E-state index < -0.39 is 0 Å². The van der Waals surface area contributed by atoms with Crippen molar-refractivity contribution in [2.24, 2.45) is 0 Å². The first-order chi connectivity index (χ1) is 9.10. The Morgan fingerprint density at radius 2 is 1.89 bits per heavy atom. The van der Waals surface area contributed by atoms with Crippen molar-refractivity contribution in [3.8, 4) is 6.07 Å². The maximum atomic E-state index is 9.35. The lowest BCUT2D eigenvalue weighted by Gasteiger charge is -2.15. The molecule has 0 heterocycles. The van der Waals surface area contributed by atoms with Gasteiger partial charge >= 0.3 is 0 Å². The molecule has 19 heavy (non-hydrogen) atoms. The molecule has 0 aliphatic carbocycles. The minimum atomic E-state index is -0.339. The average molecular weight is 315 g/mol. The van der Waals surface area contributed by atoms with Crippen molar-refractivity contribution in [2.75, 3.05) is 5.32 Å². The fourth-order valence-electron chi connectivity index (χ4n) is 1.88. The van der Waals surface area contributed by atoms with E-state index in [2.05, 4.69) is 53.3 Å². The van der Waals surface area contributed by atoms with Crippen LogP contribution in [0.5, 0.6) is 0 Å². The van der Waals surface area contributed by atoms with Gasteiger partial charge in [-0.25, -0.2) is 0 Å². The molecule has 0 saturated heterocycles. The number of rotatable bonds is 3. The van der Waals surface area contributed by atoms with Gasteiger partial charge in [0, 0.05) is 10.2 Å². The van der Waals surface area contributed by atoms with Crippen molar-refractivity contribution in [3.63, 3.8) is 0 Å². The molecule has 0 aliphatic rings. The molecule has 1 N–H and O–H groups in total. The topological polar surface area (TPSA) is 35.8 Å². The number of benzene rings is 2. The standard InChI is InChI=1S/C16H15BrN2/c1-11-6-7-13(8-12(11)2)16(10-18)19-15-5-3-4-14(17)9-15/h3-9,16,19H,1-2H3. The van der Waals surface area contributed by atoms with Gasteiger partial charge < -0.3 is 5.32 Å². The molecular formula is C16H15BrN2. The molecule has 0 aliphatic heterocycles. The van der Waals surface area contributed by atoms with Gasteiger partial charge in [0.1, 0.15) is 6.04 Å². The van der Waals surface area contributed by atoms with Crippen LogP contribution in [0.25, 0.3) is 0 Å². The Bertz CT molecular complexity index is 629. The summed E-state index contributed by atoms with van der Waals surface area (Å²) in [6, 6.07) is 15.9. The Morgan fingerprint density at radius 3 is 2.53 bits per heavy atom. The molecule has 0 saturated carbocycles. The molecule has 2 aromatic rings. The average Bonchev–Trinajstić information content (AvgIpc) is 2.39. The molecule has 2 rings (SSSR count). The molecule has 0 radical (unpaired) electrons. The summed E-state index contributed by atoms with van der Waals surface area (Å²) in [6.45, 7) is 4.13. The number of halogens is 1. The number of hydrogen-bond donors (Lipinski definition) is 1. The van der Waals surface area contributed by atoms with Gasteiger partial charge in [-0.15, -0.1) is 0 Å². The summed E-state index contributed by atoms with van der Waals surface area (Å²) in [7, 11) is 0. The number of nitrogens with one attached hydrogen (secondary N) is 1. The fourth-order valence-corrected chi connectivity index (χ4v) is 2.28. The van der Waals surface area contributed by atoms with Gasteiger partial charge in [0.25, 0.3) is 0 Å².